The van der Waals surface area contributed by atoms with Crippen molar-refractivity contribution in [2.45, 2.75) is 23.7 Å². The van der Waals surface area contributed by atoms with Gasteiger partial charge in [-0.2, -0.15) is 8.78 Å². The lowest BCUT2D eigenvalue weighted by Crippen LogP contribution is -2.30. The molecule has 2 aromatic heterocycles. The lowest BCUT2D eigenvalue weighted by atomic mass is 10.1. The van der Waals surface area contributed by atoms with Gasteiger partial charge in [-0.3, -0.25) is 9.78 Å². The molecule has 3 rings (SSSR count). The second kappa shape index (κ2) is 8.30. The summed E-state index contributed by atoms with van der Waals surface area (Å²) in [5, 5.41) is 0. The predicted molar refractivity (Wildman–Crippen MR) is 96.2 cm³/mol. The van der Waals surface area contributed by atoms with E-state index in [0.717, 1.165) is 17.7 Å². The summed E-state index contributed by atoms with van der Waals surface area (Å²) >= 11 is 0. The van der Waals surface area contributed by atoms with Gasteiger partial charge >= 0.3 is 5.76 Å². The molecule has 0 aliphatic rings. The van der Waals surface area contributed by atoms with Gasteiger partial charge in [-0.1, -0.05) is 6.07 Å². The van der Waals surface area contributed by atoms with Gasteiger partial charge in [-0.15, -0.1) is 0 Å². The number of furan rings is 1. The highest BCUT2D eigenvalue weighted by Gasteiger charge is 2.27. The Hall–Kier alpha value is -3.07. The van der Waals surface area contributed by atoms with Gasteiger partial charge in [-0.25, -0.2) is 8.42 Å². The first-order valence-corrected chi connectivity index (χ1v) is 9.75. The van der Waals surface area contributed by atoms with Crippen LogP contribution in [0.25, 0.3) is 0 Å². The molecule has 0 saturated heterocycles. The number of alkyl halides is 2. The number of nitrogens with zero attached hydrogens (tertiary/aromatic N) is 2. The first-order chi connectivity index (χ1) is 13.4. The van der Waals surface area contributed by atoms with Crippen LogP contribution in [0.1, 0.15) is 21.7 Å². The van der Waals surface area contributed by atoms with E-state index in [0.29, 0.717) is 5.76 Å². The molecule has 1 aromatic carbocycles. The van der Waals surface area contributed by atoms with Gasteiger partial charge in [0.25, 0.3) is 5.91 Å². The van der Waals surface area contributed by atoms with Crippen LogP contribution in [0.2, 0.25) is 0 Å². The summed E-state index contributed by atoms with van der Waals surface area (Å²) in [5.41, 5.74) is 0.961. The third-order valence-corrected chi connectivity index (χ3v) is 5.37. The third kappa shape index (κ3) is 4.42. The second-order valence-electron chi connectivity index (χ2n) is 5.93. The molecule has 6 nitrogen and oxygen atoms in total. The Morgan fingerprint density at radius 1 is 1.07 bits per heavy atom. The van der Waals surface area contributed by atoms with Gasteiger partial charge in [0.1, 0.15) is 5.76 Å². The number of carbonyl (C=O) groups excluding carboxylic acids is 1. The molecule has 0 aliphatic carbocycles. The van der Waals surface area contributed by atoms with Gasteiger partial charge in [0.05, 0.1) is 17.7 Å². The minimum Gasteiger partial charge on any atom is -0.467 e. The fourth-order valence-corrected chi connectivity index (χ4v) is 3.30. The van der Waals surface area contributed by atoms with Gasteiger partial charge in [0, 0.05) is 24.5 Å². The predicted octanol–water partition coefficient (Wildman–Crippen LogP) is 3.51. The normalized spacial score (nSPS) is 11.5. The molecule has 0 fully saturated rings. The summed E-state index contributed by atoms with van der Waals surface area (Å²) in [6.07, 6.45) is 4.73. The van der Waals surface area contributed by atoms with Crippen molar-refractivity contribution in [3.05, 3.63) is 84.1 Å². The van der Waals surface area contributed by atoms with E-state index in [1.807, 2.05) is 6.07 Å². The first-order valence-electron chi connectivity index (χ1n) is 8.20. The molecular formula is C19H16F2N2O4S. The SMILES string of the molecule is O=C(c1ccc(S(=O)(=O)C(F)F)cc1)N(Cc1cccnc1)Cc1ccco1. The molecule has 9 heteroatoms. The fraction of sp³-hybridized carbons (Fsp3) is 0.158. The van der Waals surface area contributed by atoms with E-state index < -0.39 is 26.4 Å². The molecule has 0 bridgehead atoms. The van der Waals surface area contributed by atoms with Crippen LogP contribution in [0, 0.1) is 0 Å². The molecule has 1 amide bonds. The van der Waals surface area contributed by atoms with Crippen LogP contribution in [0.3, 0.4) is 0 Å². The molecular weight excluding hydrogens is 390 g/mol. The van der Waals surface area contributed by atoms with Gasteiger partial charge in [0.2, 0.25) is 9.84 Å². The smallest absolute Gasteiger partial charge is 0.341 e. The van der Waals surface area contributed by atoms with Gasteiger partial charge in [-0.05, 0) is 48.0 Å². The van der Waals surface area contributed by atoms with Crippen molar-refractivity contribution in [2.24, 2.45) is 0 Å². The Morgan fingerprint density at radius 3 is 2.39 bits per heavy atom. The molecule has 0 aliphatic heterocycles. The van der Waals surface area contributed by atoms with Crippen LogP contribution >= 0.6 is 0 Å². The summed E-state index contributed by atoms with van der Waals surface area (Å²) in [5.74, 6) is -3.36. The van der Waals surface area contributed by atoms with Crippen molar-refractivity contribution < 1.29 is 26.4 Å². The number of carbonyl (C=O) groups is 1. The molecule has 0 unspecified atom stereocenters. The summed E-state index contributed by atoms with van der Waals surface area (Å²) in [6.45, 7) is 0.419. The van der Waals surface area contributed by atoms with E-state index in [2.05, 4.69) is 4.98 Å². The lowest BCUT2D eigenvalue weighted by Gasteiger charge is -2.22. The highest BCUT2D eigenvalue weighted by atomic mass is 32.2. The highest BCUT2D eigenvalue weighted by molar-refractivity contribution is 7.91. The van der Waals surface area contributed by atoms with E-state index in [-0.39, 0.29) is 18.7 Å². The number of rotatable bonds is 7. The van der Waals surface area contributed by atoms with Crippen LogP contribution in [-0.4, -0.2) is 30.0 Å². The monoisotopic (exact) mass is 406 g/mol. The number of aromatic nitrogens is 1. The largest absolute Gasteiger partial charge is 0.467 e. The number of hydrogen-bond donors (Lipinski definition) is 0. The molecule has 28 heavy (non-hydrogen) atoms. The highest BCUT2D eigenvalue weighted by Crippen LogP contribution is 2.20. The number of amides is 1. The van der Waals surface area contributed by atoms with Crippen LogP contribution in [0.15, 0.2) is 76.5 Å². The molecule has 0 spiro atoms. The lowest BCUT2D eigenvalue weighted by molar-refractivity contribution is 0.0717. The van der Waals surface area contributed by atoms with Gasteiger partial charge in [0.15, 0.2) is 0 Å². The topological polar surface area (TPSA) is 80.5 Å². The Morgan fingerprint density at radius 2 is 1.82 bits per heavy atom. The van der Waals surface area contributed by atoms with Crippen molar-refractivity contribution >= 4 is 15.7 Å². The molecule has 146 valence electrons. The molecule has 3 aromatic rings. The maximum Gasteiger partial charge on any atom is 0.341 e. The summed E-state index contributed by atoms with van der Waals surface area (Å²) in [7, 11) is -4.71. The summed E-state index contributed by atoms with van der Waals surface area (Å²) < 4.78 is 53.7. The minimum absolute atomic E-state index is 0.170. The van der Waals surface area contributed by atoms with Crippen LogP contribution in [-0.2, 0) is 22.9 Å². The Kier molecular flexibility index (Phi) is 5.84. The Bertz CT molecular complexity index is 1020. The minimum atomic E-state index is -4.71. The number of hydrogen-bond acceptors (Lipinski definition) is 5. The molecule has 0 atom stereocenters. The summed E-state index contributed by atoms with van der Waals surface area (Å²) in [6, 6.07) is 11.4. The van der Waals surface area contributed by atoms with E-state index in [1.54, 1.807) is 30.6 Å². The maximum absolute atomic E-state index is 12.9. The zero-order chi connectivity index (χ0) is 20.1. The van der Waals surface area contributed by atoms with Crippen molar-refractivity contribution in [3.8, 4) is 0 Å². The van der Waals surface area contributed by atoms with E-state index >= 15 is 0 Å². The number of benzene rings is 1. The second-order valence-corrected chi connectivity index (χ2v) is 7.85. The number of pyridine rings is 1. The molecule has 0 saturated carbocycles. The average molecular weight is 406 g/mol. The Balaban J connectivity index is 1.86. The quantitative estimate of drug-likeness (QED) is 0.600. The fourth-order valence-electron chi connectivity index (χ4n) is 2.57. The zero-order valence-corrected chi connectivity index (χ0v) is 15.4. The number of sulfone groups is 1. The van der Waals surface area contributed by atoms with Crippen LogP contribution in [0.5, 0.6) is 0 Å². The van der Waals surface area contributed by atoms with E-state index in [9.17, 15) is 22.0 Å². The zero-order valence-electron chi connectivity index (χ0n) is 14.5. The number of halogens is 2. The van der Waals surface area contributed by atoms with Crippen LogP contribution < -0.4 is 0 Å². The maximum atomic E-state index is 12.9. The third-order valence-electron chi connectivity index (χ3n) is 3.97. The van der Waals surface area contributed by atoms with Crippen molar-refractivity contribution in [3.63, 3.8) is 0 Å². The van der Waals surface area contributed by atoms with Crippen molar-refractivity contribution in [1.82, 2.24) is 9.88 Å². The van der Waals surface area contributed by atoms with Crippen molar-refractivity contribution in [2.75, 3.05) is 0 Å². The van der Waals surface area contributed by atoms with E-state index in [4.69, 9.17) is 4.42 Å². The molecule has 2 heterocycles. The van der Waals surface area contributed by atoms with Crippen molar-refractivity contribution in [1.29, 1.82) is 0 Å². The standard InChI is InChI=1S/C19H16F2N2O4S/c20-19(21)28(25,26)17-7-5-15(6-8-17)18(24)23(13-16-4-2-10-27-16)12-14-3-1-9-22-11-14/h1-11,19H,12-13H2. The molecule has 0 N–H and O–H groups in total. The first kappa shape index (κ1) is 19.7. The Labute approximate surface area is 160 Å². The van der Waals surface area contributed by atoms with Gasteiger partial charge < -0.3 is 9.32 Å². The molecule has 0 radical (unpaired) electrons. The summed E-state index contributed by atoms with van der Waals surface area (Å²) in [4.78, 5) is 17.9. The van der Waals surface area contributed by atoms with Crippen LogP contribution in [0.4, 0.5) is 8.78 Å². The van der Waals surface area contributed by atoms with E-state index in [1.165, 1.54) is 23.3 Å². The average Bonchev–Trinajstić information content (AvgIpc) is 3.21.